The Morgan fingerprint density at radius 2 is 1.72 bits per heavy atom. The van der Waals surface area contributed by atoms with E-state index in [1.54, 1.807) is 19.1 Å². The van der Waals surface area contributed by atoms with Gasteiger partial charge in [0.25, 0.3) is 20.0 Å². The molecule has 3 N–H and O–H groups in total. The van der Waals surface area contributed by atoms with Crippen molar-refractivity contribution in [3.05, 3.63) is 71.5 Å². The number of anilines is 2. The molecule has 29 heavy (non-hydrogen) atoms. The Hall–Kier alpha value is -2.82. The first-order valence-corrected chi connectivity index (χ1v) is 11.5. The van der Waals surface area contributed by atoms with Crippen molar-refractivity contribution in [1.82, 2.24) is 4.98 Å². The summed E-state index contributed by atoms with van der Waals surface area (Å²) in [5, 5.41) is 10.4. The van der Waals surface area contributed by atoms with Crippen molar-refractivity contribution in [3.63, 3.8) is 0 Å². The Labute approximate surface area is 173 Å². The summed E-state index contributed by atoms with van der Waals surface area (Å²) < 4.78 is 55.4. The lowest BCUT2D eigenvalue weighted by Gasteiger charge is -2.13. The van der Waals surface area contributed by atoms with Crippen LogP contribution in [0.4, 0.5) is 11.4 Å². The molecule has 0 amide bonds. The van der Waals surface area contributed by atoms with Gasteiger partial charge in [-0.2, -0.15) is 0 Å². The highest BCUT2D eigenvalue weighted by Gasteiger charge is 2.24. The van der Waals surface area contributed by atoms with Crippen molar-refractivity contribution < 1.29 is 21.9 Å². The molecule has 0 aliphatic carbocycles. The third-order valence-corrected chi connectivity index (χ3v) is 7.14. The van der Waals surface area contributed by atoms with Gasteiger partial charge in [0.15, 0.2) is 0 Å². The SMILES string of the molecule is Cc1c(Cl)cccc1NS(=O)(=O)c1ccc(O)c(S(=O)(=O)Nc2cccnc2)c1. The van der Waals surface area contributed by atoms with Crippen LogP contribution in [-0.4, -0.2) is 26.9 Å². The lowest BCUT2D eigenvalue weighted by molar-refractivity contribution is 0.458. The molecule has 0 bridgehead atoms. The normalized spacial score (nSPS) is 11.8. The summed E-state index contributed by atoms with van der Waals surface area (Å²) >= 11 is 6.01. The van der Waals surface area contributed by atoms with Gasteiger partial charge in [-0.05, 0) is 55.0 Å². The molecule has 8 nitrogen and oxygen atoms in total. The molecule has 0 spiro atoms. The first kappa shape index (κ1) is 20.9. The van der Waals surface area contributed by atoms with Crippen LogP contribution in [0.3, 0.4) is 0 Å². The van der Waals surface area contributed by atoms with Gasteiger partial charge < -0.3 is 5.11 Å². The molecule has 0 saturated carbocycles. The quantitative estimate of drug-likeness (QED) is 0.525. The van der Waals surface area contributed by atoms with E-state index in [2.05, 4.69) is 14.4 Å². The number of aromatic nitrogens is 1. The Morgan fingerprint density at radius 1 is 0.966 bits per heavy atom. The minimum absolute atomic E-state index is 0.160. The van der Waals surface area contributed by atoms with E-state index < -0.39 is 30.7 Å². The number of pyridine rings is 1. The van der Waals surface area contributed by atoms with Gasteiger partial charge >= 0.3 is 0 Å². The van der Waals surface area contributed by atoms with Crippen LogP contribution in [0.15, 0.2) is 70.7 Å². The predicted octanol–water partition coefficient (Wildman–Crippen LogP) is 3.35. The van der Waals surface area contributed by atoms with Crippen LogP contribution >= 0.6 is 11.6 Å². The third kappa shape index (κ3) is 4.61. The van der Waals surface area contributed by atoms with Crippen LogP contribution in [0.2, 0.25) is 5.02 Å². The smallest absolute Gasteiger partial charge is 0.265 e. The van der Waals surface area contributed by atoms with E-state index in [1.165, 1.54) is 30.6 Å². The Kier molecular flexibility index (Phi) is 5.69. The zero-order valence-corrected chi connectivity index (χ0v) is 17.4. The van der Waals surface area contributed by atoms with Crippen LogP contribution in [0, 0.1) is 6.92 Å². The van der Waals surface area contributed by atoms with Crippen LogP contribution in [0.25, 0.3) is 0 Å². The van der Waals surface area contributed by atoms with Gasteiger partial charge in [0.1, 0.15) is 10.6 Å². The Morgan fingerprint density at radius 3 is 2.41 bits per heavy atom. The maximum Gasteiger partial charge on any atom is 0.265 e. The summed E-state index contributed by atoms with van der Waals surface area (Å²) in [4.78, 5) is 2.86. The number of phenols is 1. The molecule has 2 aromatic carbocycles. The summed E-state index contributed by atoms with van der Waals surface area (Å²) in [5.41, 5.74) is 0.930. The fraction of sp³-hybridized carbons (Fsp3) is 0.0556. The average Bonchev–Trinajstić information content (AvgIpc) is 2.66. The first-order valence-electron chi connectivity index (χ1n) is 8.14. The molecule has 0 saturated heterocycles. The number of halogens is 1. The zero-order valence-electron chi connectivity index (χ0n) is 15.0. The Balaban J connectivity index is 1.99. The summed E-state index contributed by atoms with van der Waals surface area (Å²) in [7, 11) is -8.42. The van der Waals surface area contributed by atoms with Gasteiger partial charge in [-0.25, -0.2) is 16.8 Å². The second-order valence-electron chi connectivity index (χ2n) is 5.99. The maximum atomic E-state index is 12.8. The molecule has 3 rings (SSSR count). The van der Waals surface area contributed by atoms with Crippen molar-refractivity contribution >= 4 is 43.0 Å². The van der Waals surface area contributed by atoms with Gasteiger partial charge in [0.2, 0.25) is 0 Å². The number of rotatable bonds is 6. The number of aromatic hydroxyl groups is 1. The molecular weight excluding hydrogens is 438 g/mol. The van der Waals surface area contributed by atoms with E-state index in [1.807, 2.05) is 0 Å². The number of sulfonamides is 2. The van der Waals surface area contributed by atoms with Gasteiger partial charge in [-0.3, -0.25) is 14.4 Å². The molecule has 0 aliphatic heterocycles. The number of nitrogens with one attached hydrogen (secondary N) is 2. The molecule has 0 atom stereocenters. The maximum absolute atomic E-state index is 12.8. The van der Waals surface area contributed by atoms with Crippen LogP contribution in [-0.2, 0) is 20.0 Å². The van der Waals surface area contributed by atoms with Crippen molar-refractivity contribution in [2.75, 3.05) is 9.44 Å². The van der Waals surface area contributed by atoms with E-state index >= 15 is 0 Å². The topological polar surface area (TPSA) is 125 Å². The molecule has 11 heteroatoms. The van der Waals surface area contributed by atoms with E-state index in [-0.39, 0.29) is 16.3 Å². The van der Waals surface area contributed by atoms with Crippen molar-refractivity contribution in [3.8, 4) is 5.75 Å². The Bertz CT molecular complexity index is 1260. The summed E-state index contributed by atoms with van der Waals surface area (Å²) in [6.45, 7) is 1.64. The molecule has 0 aliphatic rings. The van der Waals surface area contributed by atoms with Crippen molar-refractivity contribution in [2.45, 2.75) is 16.7 Å². The second kappa shape index (κ2) is 7.90. The van der Waals surface area contributed by atoms with E-state index in [4.69, 9.17) is 11.6 Å². The van der Waals surface area contributed by atoms with Crippen LogP contribution < -0.4 is 9.44 Å². The van der Waals surface area contributed by atoms with Gasteiger partial charge in [0, 0.05) is 11.2 Å². The third-order valence-electron chi connectivity index (χ3n) is 3.96. The highest BCUT2D eigenvalue weighted by atomic mass is 35.5. The lowest BCUT2D eigenvalue weighted by Crippen LogP contribution is -2.17. The summed E-state index contributed by atoms with van der Waals surface area (Å²) in [5.74, 6) is -0.598. The number of phenolic OH excluding ortho intramolecular Hbond substituents is 1. The summed E-state index contributed by atoms with van der Waals surface area (Å²) in [6, 6.07) is 10.7. The second-order valence-corrected chi connectivity index (χ2v) is 9.74. The molecule has 1 aromatic heterocycles. The van der Waals surface area contributed by atoms with Crippen molar-refractivity contribution in [1.29, 1.82) is 0 Å². The van der Waals surface area contributed by atoms with Crippen LogP contribution in [0.1, 0.15) is 5.56 Å². The molecule has 0 radical (unpaired) electrons. The summed E-state index contributed by atoms with van der Waals surface area (Å²) in [6.07, 6.45) is 2.74. The monoisotopic (exact) mass is 453 g/mol. The largest absolute Gasteiger partial charge is 0.507 e. The van der Waals surface area contributed by atoms with E-state index in [0.717, 1.165) is 18.2 Å². The molecule has 0 fully saturated rings. The molecular formula is C18H16ClN3O5S2. The van der Waals surface area contributed by atoms with Gasteiger partial charge in [-0.1, -0.05) is 17.7 Å². The average molecular weight is 454 g/mol. The number of hydrogen-bond donors (Lipinski definition) is 3. The highest BCUT2D eigenvalue weighted by molar-refractivity contribution is 7.93. The van der Waals surface area contributed by atoms with Crippen LogP contribution in [0.5, 0.6) is 5.75 Å². The molecule has 152 valence electrons. The molecule has 3 aromatic rings. The fourth-order valence-electron chi connectivity index (χ4n) is 2.43. The van der Waals surface area contributed by atoms with Gasteiger partial charge in [-0.15, -0.1) is 0 Å². The zero-order chi connectivity index (χ0) is 21.2. The lowest BCUT2D eigenvalue weighted by atomic mass is 10.2. The molecule has 0 unspecified atom stereocenters. The number of hydrogen-bond acceptors (Lipinski definition) is 6. The van der Waals surface area contributed by atoms with Gasteiger partial charge in [0.05, 0.1) is 22.5 Å². The van der Waals surface area contributed by atoms with E-state index in [9.17, 15) is 21.9 Å². The minimum Gasteiger partial charge on any atom is -0.507 e. The fourth-order valence-corrected chi connectivity index (χ4v) is 5.00. The number of nitrogens with zero attached hydrogens (tertiary/aromatic N) is 1. The van der Waals surface area contributed by atoms with Crippen molar-refractivity contribution in [2.24, 2.45) is 0 Å². The predicted molar refractivity (Wildman–Crippen MR) is 110 cm³/mol. The first-order chi connectivity index (χ1) is 13.6. The minimum atomic E-state index is -4.27. The van der Waals surface area contributed by atoms with E-state index in [0.29, 0.717) is 10.6 Å². The number of benzene rings is 2. The standard InChI is InChI=1S/C18H16ClN3O5S2/c1-12-15(19)5-2-6-16(12)22-28(24,25)14-7-8-17(23)18(10-14)29(26,27)21-13-4-3-9-20-11-13/h2-11,21-23H,1H3. The highest BCUT2D eigenvalue weighted by Crippen LogP contribution is 2.30. The molecule has 1 heterocycles.